The van der Waals surface area contributed by atoms with Crippen molar-refractivity contribution in [3.63, 3.8) is 0 Å². The molecule has 0 aliphatic heterocycles. The minimum Gasteiger partial charge on any atom is -0.380 e. The molecular weight excluding hydrogens is 242 g/mol. The molecule has 0 radical (unpaired) electrons. The van der Waals surface area contributed by atoms with Crippen LogP contribution in [-0.2, 0) is 27.4 Å². The first kappa shape index (κ1) is 15.7. The van der Waals surface area contributed by atoms with Crippen molar-refractivity contribution < 1.29 is 14.3 Å². The highest BCUT2D eigenvalue weighted by atomic mass is 16.5. The molecule has 0 saturated heterocycles. The Balaban J connectivity index is 2.39. The number of carbonyl (C=O) groups excluding carboxylic acids is 1. The fraction of sp³-hybridized carbons (Fsp3) is 0.533. The van der Waals surface area contributed by atoms with E-state index in [4.69, 9.17) is 9.47 Å². The lowest BCUT2D eigenvalue weighted by Crippen LogP contribution is -2.31. The number of hydrogen-bond acceptors (Lipinski definition) is 3. The first-order chi connectivity index (χ1) is 8.90. The average molecular weight is 265 g/mol. The summed E-state index contributed by atoms with van der Waals surface area (Å²) in [4.78, 5) is 11.6. The van der Waals surface area contributed by atoms with Gasteiger partial charge in [0.15, 0.2) is 0 Å². The zero-order chi connectivity index (χ0) is 14.3. The molecule has 19 heavy (non-hydrogen) atoms. The van der Waals surface area contributed by atoms with Crippen LogP contribution < -0.4 is 5.32 Å². The third kappa shape index (κ3) is 6.94. The van der Waals surface area contributed by atoms with E-state index in [0.717, 1.165) is 11.1 Å². The molecule has 0 aliphatic carbocycles. The summed E-state index contributed by atoms with van der Waals surface area (Å²) in [5.74, 6) is -0.105. The topological polar surface area (TPSA) is 47.6 Å². The van der Waals surface area contributed by atoms with Crippen molar-refractivity contribution in [2.45, 2.75) is 39.5 Å². The predicted molar refractivity (Wildman–Crippen MR) is 74.7 cm³/mol. The lowest BCUT2D eigenvalue weighted by atomic mass is 10.1. The molecule has 4 heteroatoms. The van der Waals surface area contributed by atoms with Crippen LogP contribution in [0.25, 0.3) is 0 Å². The second-order valence-corrected chi connectivity index (χ2v) is 5.43. The number of amides is 1. The van der Waals surface area contributed by atoms with Gasteiger partial charge in [0.25, 0.3) is 0 Å². The lowest BCUT2D eigenvalue weighted by molar-refractivity contribution is -0.130. The zero-order valence-electron chi connectivity index (χ0n) is 12.2. The fourth-order valence-corrected chi connectivity index (χ4v) is 1.53. The van der Waals surface area contributed by atoms with Gasteiger partial charge in [-0.2, -0.15) is 0 Å². The van der Waals surface area contributed by atoms with Crippen molar-refractivity contribution in [1.29, 1.82) is 0 Å². The maximum atomic E-state index is 11.6. The molecule has 0 heterocycles. The van der Waals surface area contributed by atoms with Gasteiger partial charge in [-0.1, -0.05) is 24.3 Å². The molecule has 1 rings (SSSR count). The number of rotatable bonds is 6. The summed E-state index contributed by atoms with van der Waals surface area (Å²) in [5, 5.41) is 2.84. The molecule has 0 fully saturated rings. The fourth-order valence-electron chi connectivity index (χ4n) is 1.53. The van der Waals surface area contributed by atoms with E-state index in [9.17, 15) is 4.79 Å². The van der Waals surface area contributed by atoms with Crippen LogP contribution in [0.2, 0.25) is 0 Å². The van der Waals surface area contributed by atoms with Gasteiger partial charge >= 0.3 is 0 Å². The SMILES string of the molecule is COCc1cccc(CNC(=O)COC(C)(C)C)c1. The summed E-state index contributed by atoms with van der Waals surface area (Å²) >= 11 is 0. The molecule has 1 aromatic carbocycles. The van der Waals surface area contributed by atoms with E-state index < -0.39 is 0 Å². The Morgan fingerprint density at radius 2 is 1.95 bits per heavy atom. The lowest BCUT2D eigenvalue weighted by Gasteiger charge is -2.19. The van der Waals surface area contributed by atoms with E-state index in [0.29, 0.717) is 13.2 Å². The minimum absolute atomic E-state index is 0.0846. The van der Waals surface area contributed by atoms with Crippen molar-refractivity contribution >= 4 is 5.91 Å². The van der Waals surface area contributed by atoms with Crippen LogP contribution in [0.15, 0.2) is 24.3 Å². The van der Waals surface area contributed by atoms with Crippen LogP contribution in [0.5, 0.6) is 0 Å². The second kappa shape index (κ2) is 7.26. The number of carbonyl (C=O) groups is 1. The van der Waals surface area contributed by atoms with E-state index in [2.05, 4.69) is 5.32 Å². The molecule has 1 aromatic rings. The Labute approximate surface area is 115 Å². The molecule has 4 nitrogen and oxygen atoms in total. The first-order valence-corrected chi connectivity index (χ1v) is 6.38. The van der Waals surface area contributed by atoms with Crippen LogP contribution in [0.3, 0.4) is 0 Å². The highest BCUT2D eigenvalue weighted by Crippen LogP contribution is 2.07. The summed E-state index contributed by atoms with van der Waals surface area (Å²) < 4.78 is 10.5. The Morgan fingerprint density at radius 1 is 1.26 bits per heavy atom. The van der Waals surface area contributed by atoms with Gasteiger partial charge < -0.3 is 14.8 Å². The number of methoxy groups -OCH3 is 1. The summed E-state index contributed by atoms with van der Waals surface area (Å²) in [6.45, 7) is 6.94. The number of ether oxygens (including phenoxy) is 2. The third-order valence-electron chi connectivity index (χ3n) is 2.43. The molecule has 106 valence electrons. The monoisotopic (exact) mass is 265 g/mol. The zero-order valence-corrected chi connectivity index (χ0v) is 12.2. The van der Waals surface area contributed by atoms with Gasteiger partial charge in [-0.05, 0) is 31.9 Å². The van der Waals surface area contributed by atoms with Crippen molar-refractivity contribution in [2.24, 2.45) is 0 Å². The van der Waals surface area contributed by atoms with Gasteiger partial charge in [0.05, 0.1) is 12.2 Å². The Morgan fingerprint density at radius 3 is 2.58 bits per heavy atom. The smallest absolute Gasteiger partial charge is 0.246 e. The molecule has 0 atom stereocenters. The Hall–Kier alpha value is -1.39. The number of hydrogen-bond donors (Lipinski definition) is 1. The third-order valence-corrected chi connectivity index (χ3v) is 2.43. The van der Waals surface area contributed by atoms with Gasteiger partial charge in [0, 0.05) is 13.7 Å². The molecule has 1 N–H and O–H groups in total. The highest BCUT2D eigenvalue weighted by molar-refractivity contribution is 5.77. The summed E-state index contributed by atoms with van der Waals surface area (Å²) in [6.07, 6.45) is 0. The summed E-state index contributed by atoms with van der Waals surface area (Å²) in [6, 6.07) is 7.96. The molecule has 0 unspecified atom stereocenters. The molecular formula is C15H23NO3. The van der Waals surface area contributed by atoms with Gasteiger partial charge in [-0.25, -0.2) is 0 Å². The van der Waals surface area contributed by atoms with E-state index in [1.165, 1.54) is 0 Å². The molecule has 0 aliphatic rings. The predicted octanol–water partition coefficient (Wildman–Crippen LogP) is 2.26. The Kier molecular flexibility index (Phi) is 5.99. The molecule has 0 saturated carbocycles. The quantitative estimate of drug-likeness (QED) is 0.858. The van der Waals surface area contributed by atoms with Crippen molar-refractivity contribution in [1.82, 2.24) is 5.32 Å². The van der Waals surface area contributed by atoms with Crippen molar-refractivity contribution in [3.05, 3.63) is 35.4 Å². The Bertz CT molecular complexity index is 410. The van der Waals surface area contributed by atoms with Gasteiger partial charge in [-0.3, -0.25) is 4.79 Å². The summed E-state index contributed by atoms with van der Waals surface area (Å²) in [5.41, 5.74) is 1.86. The summed E-state index contributed by atoms with van der Waals surface area (Å²) in [7, 11) is 1.66. The molecule has 0 aromatic heterocycles. The van der Waals surface area contributed by atoms with Crippen LogP contribution in [0.4, 0.5) is 0 Å². The van der Waals surface area contributed by atoms with Crippen molar-refractivity contribution in [2.75, 3.05) is 13.7 Å². The maximum absolute atomic E-state index is 11.6. The van der Waals surface area contributed by atoms with Crippen LogP contribution in [0.1, 0.15) is 31.9 Å². The molecule has 0 spiro atoms. The average Bonchev–Trinajstić information content (AvgIpc) is 2.34. The molecule has 1 amide bonds. The first-order valence-electron chi connectivity index (χ1n) is 6.38. The van der Waals surface area contributed by atoms with Crippen LogP contribution >= 0.6 is 0 Å². The normalized spacial score (nSPS) is 11.4. The largest absolute Gasteiger partial charge is 0.380 e. The van der Waals surface area contributed by atoms with Gasteiger partial charge in [0.2, 0.25) is 5.91 Å². The molecule has 0 bridgehead atoms. The second-order valence-electron chi connectivity index (χ2n) is 5.43. The highest BCUT2D eigenvalue weighted by Gasteiger charge is 2.12. The van der Waals surface area contributed by atoms with Crippen molar-refractivity contribution in [3.8, 4) is 0 Å². The van der Waals surface area contributed by atoms with Gasteiger partial charge in [0.1, 0.15) is 6.61 Å². The number of nitrogens with one attached hydrogen (secondary N) is 1. The minimum atomic E-state index is -0.296. The standard InChI is InChI=1S/C15H23NO3/c1-15(2,3)19-11-14(17)16-9-12-6-5-7-13(8-12)10-18-4/h5-8H,9-11H2,1-4H3,(H,16,17). The van der Waals surface area contributed by atoms with E-state index in [-0.39, 0.29) is 18.1 Å². The van der Waals surface area contributed by atoms with Gasteiger partial charge in [-0.15, -0.1) is 0 Å². The van der Waals surface area contributed by atoms with Crippen LogP contribution in [0, 0.1) is 0 Å². The van der Waals surface area contributed by atoms with E-state index in [1.807, 2.05) is 45.0 Å². The number of benzene rings is 1. The van der Waals surface area contributed by atoms with E-state index >= 15 is 0 Å². The van der Waals surface area contributed by atoms with Crippen LogP contribution in [-0.4, -0.2) is 25.2 Å². The van der Waals surface area contributed by atoms with E-state index in [1.54, 1.807) is 7.11 Å². The maximum Gasteiger partial charge on any atom is 0.246 e.